The van der Waals surface area contributed by atoms with Crippen molar-refractivity contribution in [2.45, 2.75) is 59.6 Å². The average Bonchev–Trinajstić information content (AvgIpc) is 3.22. The van der Waals surface area contributed by atoms with Crippen molar-refractivity contribution >= 4 is 17.4 Å². The predicted octanol–water partition coefficient (Wildman–Crippen LogP) is 4.80. The maximum Gasteiger partial charge on any atom is 0.407 e. The van der Waals surface area contributed by atoms with Gasteiger partial charge in [-0.2, -0.15) is 10.4 Å². The third-order valence-corrected chi connectivity index (χ3v) is 6.32. The lowest BCUT2D eigenvalue weighted by Crippen LogP contribution is -2.56. The van der Waals surface area contributed by atoms with Crippen LogP contribution in [0, 0.1) is 16.7 Å². The van der Waals surface area contributed by atoms with Gasteiger partial charge in [0.2, 0.25) is 0 Å². The molecule has 36 heavy (non-hydrogen) atoms. The maximum atomic E-state index is 12.3. The van der Waals surface area contributed by atoms with Crippen LogP contribution < -0.4 is 15.0 Å². The molecule has 0 unspecified atom stereocenters. The summed E-state index contributed by atoms with van der Waals surface area (Å²) in [6.45, 7) is 13.8. The summed E-state index contributed by atoms with van der Waals surface area (Å²) < 4.78 is 12.8. The molecule has 1 saturated heterocycles. The molecule has 0 bridgehead atoms. The van der Waals surface area contributed by atoms with Crippen LogP contribution in [0.5, 0.6) is 5.75 Å². The van der Waals surface area contributed by atoms with E-state index in [4.69, 9.17) is 14.5 Å². The molecule has 4 heterocycles. The minimum atomic E-state index is -0.528. The number of pyridine rings is 2. The van der Waals surface area contributed by atoms with Gasteiger partial charge in [0.05, 0.1) is 30.1 Å². The van der Waals surface area contributed by atoms with Crippen molar-refractivity contribution in [2.75, 3.05) is 24.6 Å². The highest BCUT2D eigenvalue weighted by atomic mass is 16.6. The summed E-state index contributed by atoms with van der Waals surface area (Å²) in [6.07, 6.45) is 5.57. The smallest absolute Gasteiger partial charge is 0.407 e. The molecule has 9 nitrogen and oxygen atoms in total. The van der Waals surface area contributed by atoms with E-state index in [1.807, 2.05) is 52.1 Å². The van der Waals surface area contributed by atoms with Crippen LogP contribution in [-0.2, 0) is 4.74 Å². The first-order chi connectivity index (χ1) is 17.0. The first-order valence-electron chi connectivity index (χ1n) is 12.3. The number of piperidine rings is 1. The van der Waals surface area contributed by atoms with Crippen LogP contribution in [0.4, 0.5) is 10.6 Å². The number of nitrogens with zero attached hydrogens (tertiary/aromatic N) is 5. The third-order valence-electron chi connectivity index (χ3n) is 6.32. The second-order valence-electron chi connectivity index (χ2n) is 10.8. The van der Waals surface area contributed by atoms with Gasteiger partial charge in [0.1, 0.15) is 23.2 Å². The highest BCUT2D eigenvalue weighted by molar-refractivity contribution is 5.85. The summed E-state index contributed by atoms with van der Waals surface area (Å²) in [5.41, 5.74) is 2.24. The van der Waals surface area contributed by atoms with E-state index in [9.17, 15) is 10.1 Å². The predicted molar refractivity (Wildman–Crippen MR) is 138 cm³/mol. The molecular formula is C27H34N6O3. The second-order valence-corrected chi connectivity index (χ2v) is 10.8. The van der Waals surface area contributed by atoms with Gasteiger partial charge in [-0.1, -0.05) is 13.8 Å². The quantitative estimate of drug-likeness (QED) is 0.548. The molecule has 1 amide bonds. The van der Waals surface area contributed by atoms with Crippen LogP contribution in [0.25, 0.3) is 16.6 Å². The van der Waals surface area contributed by atoms with Crippen molar-refractivity contribution in [1.82, 2.24) is 19.9 Å². The number of rotatable bonds is 5. The average molecular weight is 491 g/mol. The lowest BCUT2D eigenvalue weighted by Gasteiger charge is -2.45. The second kappa shape index (κ2) is 9.69. The fourth-order valence-electron chi connectivity index (χ4n) is 4.65. The fraction of sp³-hybridized carbons (Fsp3) is 0.481. The number of anilines is 1. The molecule has 0 aromatic carbocycles. The molecule has 3 aromatic heterocycles. The number of amides is 1. The van der Waals surface area contributed by atoms with Gasteiger partial charge in [-0.25, -0.2) is 14.3 Å². The van der Waals surface area contributed by atoms with E-state index in [1.54, 1.807) is 16.9 Å². The molecule has 1 fully saturated rings. The molecule has 1 N–H and O–H groups in total. The summed E-state index contributed by atoms with van der Waals surface area (Å²) >= 11 is 0. The number of carbonyl (C=O) groups excluding carboxylic acids is 1. The van der Waals surface area contributed by atoms with Gasteiger partial charge in [0, 0.05) is 41.9 Å². The van der Waals surface area contributed by atoms with Crippen molar-refractivity contribution in [1.29, 1.82) is 5.26 Å². The largest absolute Gasteiger partial charge is 0.492 e. The lowest BCUT2D eigenvalue weighted by atomic mass is 9.79. The minimum absolute atomic E-state index is 0.00345. The Balaban J connectivity index is 1.54. The van der Waals surface area contributed by atoms with Gasteiger partial charge in [0.15, 0.2) is 0 Å². The number of ether oxygens (including phenoxy) is 2. The molecule has 190 valence electrons. The summed E-state index contributed by atoms with van der Waals surface area (Å²) in [7, 11) is 0. The van der Waals surface area contributed by atoms with Crippen LogP contribution in [0.3, 0.4) is 0 Å². The van der Waals surface area contributed by atoms with Gasteiger partial charge in [-0.15, -0.1) is 0 Å². The Hall–Kier alpha value is -3.80. The van der Waals surface area contributed by atoms with E-state index >= 15 is 0 Å². The van der Waals surface area contributed by atoms with Crippen molar-refractivity contribution in [3.05, 3.63) is 42.4 Å². The first-order valence-corrected chi connectivity index (χ1v) is 12.3. The maximum absolute atomic E-state index is 12.3. The Bertz CT molecular complexity index is 1280. The Morgan fingerprint density at radius 3 is 2.69 bits per heavy atom. The van der Waals surface area contributed by atoms with E-state index in [2.05, 4.69) is 35.2 Å². The van der Waals surface area contributed by atoms with E-state index in [-0.39, 0.29) is 17.6 Å². The molecule has 0 spiro atoms. The number of hydrogen-bond acceptors (Lipinski definition) is 7. The van der Waals surface area contributed by atoms with Crippen LogP contribution >= 0.6 is 0 Å². The highest BCUT2D eigenvalue weighted by Gasteiger charge is 2.38. The summed E-state index contributed by atoms with van der Waals surface area (Å²) in [5, 5.41) is 16.9. The van der Waals surface area contributed by atoms with E-state index in [0.29, 0.717) is 17.9 Å². The van der Waals surface area contributed by atoms with E-state index < -0.39 is 5.60 Å². The summed E-state index contributed by atoms with van der Waals surface area (Å²) in [4.78, 5) is 19.3. The number of nitrogens with one attached hydrogen (secondary N) is 1. The SMILES string of the molecule is CCOc1cc(-c2ccc(N3CC[C@H](NC(=O)OC(C)(C)C)C(C)(C)C3)nc2)c2c(C#N)cnn2c1. The molecule has 0 saturated carbocycles. The Morgan fingerprint density at radius 1 is 1.31 bits per heavy atom. The van der Waals surface area contributed by atoms with Gasteiger partial charge in [-0.05, 0) is 52.3 Å². The number of nitriles is 1. The molecule has 1 aliphatic rings. The summed E-state index contributed by atoms with van der Waals surface area (Å²) in [5.74, 6) is 1.55. The van der Waals surface area contributed by atoms with Crippen LogP contribution in [-0.4, -0.2) is 52.0 Å². The monoisotopic (exact) mass is 490 g/mol. The Kier molecular flexibility index (Phi) is 6.81. The standard InChI is InChI=1S/C27H34N6O3/c1-7-35-20-12-21(24-19(13-28)15-30-33(24)16-20)18-8-9-23(29-14-18)32-11-10-22(27(5,6)17-32)31-25(34)36-26(2,3)4/h8-9,12,14-16,22H,7,10-11,17H2,1-6H3,(H,31,34)/t22-/m0/s1. The topological polar surface area (TPSA) is 105 Å². The number of aromatic nitrogens is 3. The molecule has 0 aliphatic carbocycles. The molecular weight excluding hydrogens is 456 g/mol. The van der Waals surface area contributed by atoms with Crippen molar-refractivity contribution in [3.63, 3.8) is 0 Å². The molecule has 9 heteroatoms. The van der Waals surface area contributed by atoms with Gasteiger partial charge in [-0.3, -0.25) is 0 Å². The molecule has 4 rings (SSSR count). The number of alkyl carbamates (subject to hydrolysis) is 1. The van der Waals surface area contributed by atoms with Crippen LogP contribution in [0.2, 0.25) is 0 Å². The zero-order chi connectivity index (χ0) is 26.1. The first kappa shape index (κ1) is 25.3. The number of carbonyl (C=O) groups is 1. The molecule has 0 radical (unpaired) electrons. The normalized spacial score (nSPS) is 17.5. The van der Waals surface area contributed by atoms with E-state index in [1.165, 1.54) is 0 Å². The zero-order valence-corrected chi connectivity index (χ0v) is 21.8. The molecule has 3 aromatic rings. The van der Waals surface area contributed by atoms with Gasteiger partial charge in [0.25, 0.3) is 0 Å². The number of hydrogen-bond donors (Lipinski definition) is 1. The van der Waals surface area contributed by atoms with E-state index in [0.717, 1.165) is 42.0 Å². The summed E-state index contributed by atoms with van der Waals surface area (Å²) in [6, 6.07) is 8.16. The van der Waals surface area contributed by atoms with Crippen molar-refractivity contribution in [2.24, 2.45) is 5.41 Å². The van der Waals surface area contributed by atoms with Crippen molar-refractivity contribution in [3.8, 4) is 22.9 Å². The molecule has 1 aliphatic heterocycles. The zero-order valence-electron chi connectivity index (χ0n) is 21.8. The minimum Gasteiger partial charge on any atom is -0.492 e. The molecule has 1 atom stereocenters. The lowest BCUT2D eigenvalue weighted by molar-refractivity contribution is 0.0443. The fourth-order valence-corrected chi connectivity index (χ4v) is 4.65. The van der Waals surface area contributed by atoms with Crippen molar-refractivity contribution < 1.29 is 14.3 Å². The van der Waals surface area contributed by atoms with Crippen LogP contribution in [0.1, 0.15) is 53.5 Å². The van der Waals surface area contributed by atoms with Gasteiger partial charge < -0.3 is 19.7 Å². The number of fused-ring (bicyclic) bond motifs is 1. The highest BCUT2D eigenvalue weighted by Crippen LogP contribution is 2.34. The Labute approximate surface area is 212 Å². The van der Waals surface area contributed by atoms with Gasteiger partial charge >= 0.3 is 6.09 Å². The van der Waals surface area contributed by atoms with Crippen LogP contribution in [0.15, 0.2) is 36.8 Å². The third kappa shape index (κ3) is 5.38. The Morgan fingerprint density at radius 2 is 2.08 bits per heavy atom.